The molecule has 0 unspecified atom stereocenters. The van der Waals surface area contributed by atoms with Gasteiger partial charge < -0.3 is 10.5 Å². The first-order valence-corrected chi connectivity index (χ1v) is 6.72. The molecule has 0 spiro atoms. The van der Waals surface area contributed by atoms with Gasteiger partial charge in [0.25, 0.3) is 0 Å². The molecule has 1 heterocycles. The molecule has 0 aliphatic heterocycles. The van der Waals surface area contributed by atoms with Gasteiger partial charge in [-0.3, -0.25) is 5.41 Å². The fourth-order valence-electron chi connectivity index (χ4n) is 2.28. The Labute approximate surface area is 108 Å². The minimum absolute atomic E-state index is 0.0442. The van der Waals surface area contributed by atoms with E-state index in [-0.39, 0.29) is 5.84 Å². The SMILES string of the molecule is CCCCCOc1nc2c(cc1C(=N)N)CCC2. The summed E-state index contributed by atoms with van der Waals surface area (Å²) in [6.07, 6.45) is 6.53. The third-order valence-electron chi connectivity index (χ3n) is 3.29. The molecule has 1 aromatic rings. The molecule has 0 saturated heterocycles. The van der Waals surface area contributed by atoms with Crippen molar-refractivity contribution < 1.29 is 4.74 Å². The minimum atomic E-state index is 0.0442. The number of nitrogens with zero attached hydrogens (tertiary/aromatic N) is 1. The van der Waals surface area contributed by atoms with Gasteiger partial charge in [0.15, 0.2) is 0 Å². The zero-order chi connectivity index (χ0) is 13.0. The van der Waals surface area contributed by atoms with Crippen LogP contribution in [0, 0.1) is 5.41 Å². The number of fused-ring (bicyclic) bond motifs is 1. The Kier molecular flexibility index (Phi) is 4.18. The smallest absolute Gasteiger partial charge is 0.224 e. The van der Waals surface area contributed by atoms with Crippen molar-refractivity contribution in [2.24, 2.45) is 5.73 Å². The molecule has 18 heavy (non-hydrogen) atoms. The van der Waals surface area contributed by atoms with Crippen molar-refractivity contribution in [1.29, 1.82) is 5.41 Å². The number of hydrogen-bond acceptors (Lipinski definition) is 3. The highest BCUT2D eigenvalue weighted by Crippen LogP contribution is 2.26. The molecule has 0 aromatic carbocycles. The summed E-state index contributed by atoms with van der Waals surface area (Å²) in [4.78, 5) is 4.53. The molecule has 3 N–H and O–H groups in total. The Bertz CT molecular complexity index is 443. The lowest BCUT2D eigenvalue weighted by atomic mass is 10.1. The van der Waals surface area contributed by atoms with Gasteiger partial charge in [0, 0.05) is 5.69 Å². The number of pyridine rings is 1. The Balaban J connectivity index is 2.14. The van der Waals surface area contributed by atoms with E-state index >= 15 is 0 Å². The van der Waals surface area contributed by atoms with Crippen molar-refractivity contribution in [2.45, 2.75) is 45.4 Å². The van der Waals surface area contributed by atoms with Crippen LogP contribution in [0.4, 0.5) is 0 Å². The van der Waals surface area contributed by atoms with Crippen LogP contribution in [-0.2, 0) is 12.8 Å². The maximum atomic E-state index is 7.61. The minimum Gasteiger partial charge on any atom is -0.477 e. The van der Waals surface area contributed by atoms with E-state index in [1.165, 1.54) is 12.0 Å². The molecule has 4 nitrogen and oxygen atoms in total. The quantitative estimate of drug-likeness (QED) is 0.460. The number of amidine groups is 1. The molecule has 0 atom stereocenters. The van der Waals surface area contributed by atoms with E-state index in [2.05, 4.69) is 11.9 Å². The lowest BCUT2D eigenvalue weighted by Gasteiger charge is -2.11. The number of hydrogen-bond donors (Lipinski definition) is 2. The second-order valence-electron chi connectivity index (χ2n) is 4.77. The van der Waals surface area contributed by atoms with Gasteiger partial charge in [0.2, 0.25) is 5.88 Å². The molecule has 2 rings (SSSR count). The van der Waals surface area contributed by atoms with Crippen molar-refractivity contribution >= 4 is 5.84 Å². The molecule has 1 aliphatic carbocycles. The van der Waals surface area contributed by atoms with Crippen molar-refractivity contribution in [3.8, 4) is 5.88 Å². The van der Waals surface area contributed by atoms with Crippen LogP contribution in [0.25, 0.3) is 0 Å². The van der Waals surface area contributed by atoms with Gasteiger partial charge >= 0.3 is 0 Å². The van der Waals surface area contributed by atoms with Crippen LogP contribution in [0.3, 0.4) is 0 Å². The normalized spacial score (nSPS) is 13.4. The number of nitrogens with two attached hydrogens (primary N) is 1. The Morgan fingerprint density at radius 2 is 2.28 bits per heavy atom. The highest BCUT2D eigenvalue weighted by Gasteiger charge is 2.18. The summed E-state index contributed by atoms with van der Waals surface area (Å²) in [5.74, 6) is 0.585. The summed E-state index contributed by atoms with van der Waals surface area (Å²) in [7, 11) is 0. The average Bonchev–Trinajstić information content (AvgIpc) is 2.80. The third kappa shape index (κ3) is 2.81. The first-order valence-electron chi connectivity index (χ1n) is 6.72. The summed E-state index contributed by atoms with van der Waals surface area (Å²) >= 11 is 0. The lowest BCUT2D eigenvalue weighted by Crippen LogP contribution is -2.15. The van der Waals surface area contributed by atoms with E-state index in [9.17, 15) is 0 Å². The number of aryl methyl sites for hydroxylation is 2. The van der Waals surface area contributed by atoms with Gasteiger partial charge in [0.05, 0.1) is 12.2 Å². The highest BCUT2D eigenvalue weighted by molar-refractivity contribution is 5.97. The number of nitrogens with one attached hydrogen (secondary N) is 1. The number of rotatable bonds is 6. The molecule has 1 aromatic heterocycles. The Hall–Kier alpha value is -1.58. The number of unbranched alkanes of at least 4 members (excludes halogenated alkanes) is 2. The molecule has 0 bridgehead atoms. The molecule has 98 valence electrons. The molecule has 0 radical (unpaired) electrons. The van der Waals surface area contributed by atoms with Crippen LogP contribution in [0.5, 0.6) is 5.88 Å². The maximum Gasteiger partial charge on any atom is 0.224 e. The van der Waals surface area contributed by atoms with Crippen LogP contribution < -0.4 is 10.5 Å². The van der Waals surface area contributed by atoms with E-state index in [0.717, 1.165) is 37.8 Å². The molecule has 0 fully saturated rings. The number of ether oxygens (including phenoxy) is 1. The van der Waals surface area contributed by atoms with Gasteiger partial charge in [-0.05, 0) is 37.3 Å². The van der Waals surface area contributed by atoms with Crippen LogP contribution in [0.15, 0.2) is 6.07 Å². The van der Waals surface area contributed by atoms with E-state index in [0.29, 0.717) is 18.1 Å². The van der Waals surface area contributed by atoms with E-state index in [1.807, 2.05) is 6.07 Å². The van der Waals surface area contributed by atoms with Crippen molar-refractivity contribution in [2.75, 3.05) is 6.61 Å². The predicted octanol–water partition coefficient (Wildman–Crippen LogP) is 2.42. The second kappa shape index (κ2) is 5.85. The van der Waals surface area contributed by atoms with Crippen LogP contribution in [-0.4, -0.2) is 17.4 Å². The topological polar surface area (TPSA) is 72.0 Å². The first kappa shape index (κ1) is 12.9. The standard InChI is InChI=1S/C14H21N3O/c1-2-3-4-8-18-14-11(13(15)16)9-10-6-5-7-12(10)17-14/h9H,2-8H2,1H3,(H3,15,16). The third-order valence-corrected chi connectivity index (χ3v) is 3.29. The fourth-order valence-corrected chi connectivity index (χ4v) is 2.28. The second-order valence-corrected chi connectivity index (χ2v) is 4.77. The summed E-state index contributed by atoms with van der Waals surface area (Å²) in [5.41, 5.74) is 8.59. The highest BCUT2D eigenvalue weighted by atomic mass is 16.5. The van der Waals surface area contributed by atoms with Gasteiger partial charge in [0.1, 0.15) is 5.84 Å². The monoisotopic (exact) mass is 247 g/mol. The van der Waals surface area contributed by atoms with Crippen LogP contribution in [0.1, 0.15) is 49.4 Å². The summed E-state index contributed by atoms with van der Waals surface area (Å²) in [6, 6.07) is 1.98. The van der Waals surface area contributed by atoms with Gasteiger partial charge in [-0.1, -0.05) is 19.8 Å². The van der Waals surface area contributed by atoms with E-state index < -0.39 is 0 Å². The van der Waals surface area contributed by atoms with Crippen molar-refractivity contribution in [1.82, 2.24) is 4.98 Å². The molecule has 0 amide bonds. The van der Waals surface area contributed by atoms with E-state index in [1.54, 1.807) is 0 Å². The van der Waals surface area contributed by atoms with E-state index in [4.69, 9.17) is 15.9 Å². The summed E-state index contributed by atoms with van der Waals surface area (Å²) in [6.45, 7) is 2.81. The van der Waals surface area contributed by atoms with Crippen molar-refractivity contribution in [3.05, 3.63) is 22.9 Å². The maximum absolute atomic E-state index is 7.61. The van der Waals surface area contributed by atoms with Gasteiger partial charge in [-0.15, -0.1) is 0 Å². The van der Waals surface area contributed by atoms with Gasteiger partial charge in [-0.2, -0.15) is 0 Å². The first-order chi connectivity index (χ1) is 8.72. The van der Waals surface area contributed by atoms with Gasteiger partial charge in [-0.25, -0.2) is 4.98 Å². The number of nitrogen functional groups attached to an aromatic ring is 1. The zero-order valence-electron chi connectivity index (χ0n) is 11.0. The summed E-state index contributed by atoms with van der Waals surface area (Å²) in [5, 5.41) is 7.61. The van der Waals surface area contributed by atoms with Crippen molar-refractivity contribution in [3.63, 3.8) is 0 Å². The predicted molar refractivity (Wildman–Crippen MR) is 72.3 cm³/mol. The Morgan fingerprint density at radius 3 is 3.00 bits per heavy atom. The zero-order valence-corrected chi connectivity index (χ0v) is 11.0. The fraction of sp³-hybridized carbons (Fsp3) is 0.571. The van der Waals surface area contributed by atoms with Crippen LogP contribution >= 0.6 is 0 Å². The lowest BCUT2D eigenvalue weighted by molar-refractivity contribution is 0.293. The summed E-state index contributed by atoms with van der Waals surface area (Å²) < 4.78 is 5.69. The molecule has 0 saturated carbocycles. The largest absolute Gasteiger partial charge is 0.477 e. The van der Waals surface area contributed by atoms with Crippen LogP contribution in [0.2, 0.25) is 0 Å². The molecular formula is C14H21N3O. The molecule has 1 aliphatic rings. The number of aromatic nitrogens is 1. The Morgan fingerprint density at radius 1 is 1.44 bits per heavy atom. The molecule has 4 heteroatoms. The average molecular weight is 247 g/mol. The molecular weight excluding hydrogens is 226 g/mol.